The van der Waals surface area contributed by atoms with Gasteiger partial charge in [0.15, 0.2) is 5.78 Å². The fourth-order valence-corrected chi connectivity index (χ4v) is 2.08. The molecule has 18 heavy (non-hydrogen) atoms. The minimum atomic E-state index is -0.111. The predicted molar refractivity (Wildman–Crippen MR) is 70.9 cm³/mol. The molecule has 4 nitrogen and oxygen atoms in total. The summed E-state index contributed by atoms with van der Waals surface area (Å²) in [5.74, 6) is 0.0497. The smallest absolute Gasteiger partial charge is 0.241 e. The molecular weight excluding hydrogens is 228 g/mol. The van der Waals surface area contributed by atoms with Gasteiger partial charge in [0.25, 0.3) is 0 Å². The van der Waals surface area contributed by atoms with Gasteiger partial charge in [-0.05, 0) is 32.9 Å². The van der Waals surface area contributed by atoms with Gasteiger partial charge in [0.1, 0.15) is 0 Å². The van der Waals surface area contributed by atoms with Crippen LogP contribution in [0.15, 0.2) is 24.3 Å². The second-order valence-electron chi connectivity index (χ2n) is 5.32. The maximum absolute atomic E-state index is 11.9. The molecule has 1 N–H and O–H groups in total. The first-order chi connectivity index (χ1) is 8.39. The molecule has 1 fully saturated rings. The summed E-state index contributed by atoms with van der Waals surface area (Å²) in [6.45, 7) is 6.58. The molecule has 0 bridgehead atoms. The van der Waals surface area contributed by atoms with Gasteiger partial charge in [-0.1, -0.05) is 12.1 Å². The van der Waals surface area contributed by atoms with Gasteiger partial charge in [-0.15, -0.1) is 0 Å². The molecule has 0 aromatic heterocycles. The first-order valence-corrected chi connectivity index (χ1v) is 6.05. The highest BCUT2D eigenvalue weighted by atomic mass is 16.2. The number of carbonyl (C=O) groups excluding carboxylic acids is 2. The van der Waals surface area contributed by atoms with E-state index in [1.165, 1.54) is 6.92 Å². The lowest BCUT2D eigenvalue weighted by molar-refractivity contribution is -0.119. The van der Waals surface area contributed by atoms with Gasteiger partial charge in [0, 0.05) is 23.3 Å². The minimum Gasteiger partial charge on any atom is -0.309 e. The SMILES string of the molecule is CC(=O)c1cccc(N2CC(C)(C)NCC2=O)c1. The van der Waals surface area contributed by atoms with Crippen LogP contribution in [-0.2, 0) is 4.79 Å². The largest absolute Gasteiger partial charge is 0.309 e. The molecule has 0 spiro atoms. The highest BCUT2D eigenvalue weighted by molar-refractivity contribution is 5.99. The van der Waals surface area contributed by atoms with Crippen molar-refractivity contribution < 1.29 is 9.59 Å². The quantitative estimate of drug-likeness (QED) is 0.806. The summed E-state index contributed by atoms with van der Waals surface area (Å²) in [7, 11) is 0. The van der Waals surface area contributed by atoms with E-state index in [1.807, 2.05) is 12.1 Å². The van der Waals surface area contributed by atoms with E-state index in [0.29, 0.717) is 18.7 Å². The third kappa shape index (κ3) is 2.59. The monoisotopic (exact) mass is 246 g/mol. The van der Waals surface area contributed by atoms with Crippen molar-refractivity contribution in [2.45, 2.75) is 26.3 Å². The number of Topliss-reactive ketones (excluding diaryl/α,β-unsaturated/α-hetero) is 1. The fourth-order valence-electron chi connectivity index (χ4n) is 2.08. The summed E-state index contributed by atoms with van der Waals surface area (Å²) in [6.07, 6.45) is 0. The van der Waals surface area contributed by atoms with Crippen molar-refractivity contribution in [1.82, 2.24) is 5.32 Å². The lowest BCUT2D eigenvalue weighted by Crippen LogP contribution is -2.60. The van der Waals surface area contributed by atoms with Crippen LogP contribution in [-0.4, -0.2) is 30.3 Å². The van der Waals surface area contributed by atoms with Crippen LogP contribution in [0.3, 0.4) is 0 Å². The summed E-state index contributed by atoms with van der Waals surface area (Å²) < 4.78 is 0. The Bertz CT molecular complexity index is 494. The van der Waals surface area contributed by atoms with Gasteiger partial charge >= 0.3 is 0 Å². The van der Waals surface area contributed by atoms with Gasteiger partial charge in [0.2, 0.25) is 5.91 Å². The molecular formula is C14H18N2O2. The summed E-state index contributed by atoms with van der Waals surface area (Å²) in [4.78, 5) is 25.1. The molecule has 0 aliphatic carbocycles. The zero-order valence-electron chi connectivity index (χ0n) is 11.0. The maximum atomic E-state index is 11.9. The third-order valence-corrected chi connectivity index (χ3v) is 3.14. The van der Waals surface area contributed by atoms with Crippen LogP contribution in [0.4, 0.5) is 5.69 Å². The molecule has 1 aliphatic heterocycles. The van der Waals surface area contributed by atoms with Gasteiger partial charge < -0.3 is 10.2 Å². The van der Waals surface area contributed by atoms with Crippen molar-refractivity contribution in [1.29, 1.82) is 0 Å². The number of ketones is 1. The normalized spacial score (nSPS) is 18.8. The van der Waals surface area contributed by atoms with Crippen LogP contribution in [0, 0.1) is 0 Å². The zero-order valence-corrected chi connectivity index (χ0v) is 11.0. The zero-order chi connectivity index (χ0) is 13.3. The number of carbonyl (C=O) groups is 2. The molecule has 1 aromatic rings. The first-order valence-electron chi connectivity index (χ1n) is 6.05. The van der Waals surface area contributed by atoms with E-state index >= 15 is 0 Å². The molecule has 0 saturated carbocycles. The van der Waals surface area contributed by atoms with E-state index in [0.717, 1.165) is 5.69 Å². The Morgan fingerprint density at radius 3 is 2.78 bits per heavy atom. The van der Waals surface area contributed by atoms with Crippen LogP contribution in [0.5, 0.6) is 0 Å². The summed E-state index contributed by atoms with van der Waals surface area (Å²) in [6, 6.07) is 7.23. The number of amides is 1. The number of hydrogen-bond acceptors (Lipinski definition) is 3. The second-order valence-corrected chi connectivity index (χ2v) is 5.32. The number of anilines is 1. The van der Waals surface area contributed by atoms with Crippen LogP contribution in [0.1, 0.15) is 31.1 Å². The highest BCUT2D eigenvalue weighted by Gasteiger charge is 2.31. The molecule has 0 atom stereocenters. The van der Waals surface area contributed by atoms with Crippen LogP contribution >= 0.6 is 0 Å². The van der Waals surface area contributed by atoms with Crippen molar-refractivity contribution in [3.05, 3.63) is 29.8 Å². The average molecular weight is 246 g/mol. The van der Waals surface area contributed by atoms with Crippen LogP contribution < -0.4 is 10.2 Å². The molecule has 1 saturated heterocycles. The van der Waals surface area contributed by atoms with E-state index in [4.69, 9.17) is 0 Å². The van der Waals surface area contributed by atoms with Crippen molar-refractivity contribution in [2.24, 2.45) is 0 Å². The van der Waals surface area contributed by atoms with Crippen LogP contribution in [0.25, 0.3) is 0 Å². The summed E-state index contributed by atoms with van der Waals surface area (Å²) in [5, 5.41) is 3.19. The molecule has 0 unspecified atom stereocenters. The van der Waals surface area contributed by atoms with Crippen molar-refractivity contribution in [2.75, 3.05) is 18.0 Å². The standard InChI is InChI=1S/C14H18N2O2/c1-10(17)11-5-4-6-12(7-11)16-9-14(2,3)15-8-13(16)18/h4-7,15H,8-9H2,1-3H3. The number of nitrogens with zero attached hydrogens (tertiary/aromatic N) is 1. The lowest BCUT2D eigenvalue weighted by Gasteiger charge is -2.38. The summed E-state index contributed by atoms with van der Waals surface area (Å²) in [5.41, 5.74) is 1.32. The Hall–Kier alpha value is -1.68. The third-order valence-electron chi connectivity index (χ3n) is 3.14. The minimum absolute atomic E-state index is 0.0127. The Kier molecular flexibility index (Phi) is 3.22. The first kappa shape index (κ1) is 12.8. The maximum Gasteiger partial charge on any atom is 0.241 e. The lowest BCUT2D eigenvalue weighted by atomic mass is 10.0. The molecule has 1 amide bonds. The van der Waals surface area contributed by atoms with Gasteiger partial charge in [-0.3, -0.25) is 9.59 Å². The number of piperazine rings is 1. The second kappa shape index (κ2) is 4.53. The number of hydrogen-bond donors (Lipinski definition) is 1. The molecule has 4 heteroatoms. The number of benzene rings is 1. The molecule has 1 aromatic carbocycles. The van der Waals surface area contributed by atoms with Gasteiger partial charge in [0.05, 0.1) is 6.54 Å². The molecule has 1 heterocycles. The van der Waals surface area contributed by atoms with Crippen molar-refractivity contribution in [3.63, 3.8) is 0 Å². The van der Waals surface area contributed by atoms with Crippen molar-refractivity contribution in [3.8, 4) is 0 Å². The molecule has 0 radical (unpaired) electrons. The van der Waals surface area contributed by atoms with E-state index in [2.05, 4.69) is 19.2 Å². The van der Waals surface area contributed by atoms with Crippen LogP contribution in [0.2, 0.25) is 0 Å². The van der Waals surface area contributed by atoms with Crippen molar-refractivity contribution >= 4 is 17.4 Å². The van der Waals surface area contributed by atoms with E-state index < -0.39 is 0 Å². The Labute approximate surface area is 107 Å². The molecule has 2 rings (SSSR count). The van der Waals surface area contributed by atoms with E-state index in [1.54, 1.807) is 17.0 Å². The number of rotatable bonds is 2. The van der Waals surface area contributed by atoms with Gasteiger partial charge in [-0.25, -0.2) is 0 Å². The fraction of sp³-hybridized carbons (Fsp3) is 0.429. The Morgan fingerprint density at radius 2 is 2.11 bits per heavy atom. The topological polar surface area (TPSA) is 49.4 Å². The Morgan fingerprint density at radius 1 is 1.39 bits per heavy atom. The van der Waals surface area contributed by atoms with E-state index in [9.17, 15) is 9.59 Å². The highest BCUT2D eigenvalue weighted by Crippen LogP contribution is 2.21. The van der Waals surface area contributed by atoms with E-state index in [-0.39, 0.29) is 17.2 Å². The molecule has 1 aliphatic rings. The predicted octanol–water partition coefficient (Wildman–Crippen LogP) is 1.60. The number of nitrogens with one attached hydrogen (secondary N) is 1. The average Bonchev–Trinajstić information content (AvgIpc) is 2.32. The Balaban J connectivity index is 2.32. The van der Waals surface area contributed by atoms with Gasteiger partial charge in [-0.2, -0.15) is 0 Å². The molecule has 96 valence electrons. The summed E-state index contributed by atoms with van der Waals surface area (Å²) >= 11 is 0.